The van der Waals surface area contributed by atoms with E-state index in [9.17, 15) is 15.0 Å². The van der Waals surface area contributed by atoms with Crippen LogP contribution in [0.15, 0.2) is 41.5 Å². The van der Waals surface area contributed by atoms with E-state index in [0.29, 0.717) is 10.6 Å². The molecule has 0 heterocycles. The lowest BCUT2D eigenvalue weighted by molar-refractivity contribution is 0.0952. The van der Waals surface area contributed by atoms with E-state index in [1.165, 1.54) is 24.4 Å². The summed E-state index contributed by atoms with van der Waals surface area (Å²) in [4.78, 5) is 12.0. The molecule has 0 spiro atoms. The number of nitrogens with zero attached hydrogens (tertiary/aromatic N) is 1. The monoisotopic (exact) mass is 346 g/mol. The molecule has 3 N–H and O–H groups in total. The SMILES string of the molecule is CC(C)(C)c1ccc(O)c(C=NNC(=O)c2cc(Cl)ccc2O)c1. The van der Waals surface area contributed by atoms with E-state index >= 15 is 0 Å². The summed E-state index contributed by atoms with van der Waals surface area (Å²) in [5.41, 5.74) is 3.76. The van der Waals surface area contributed by atoms with Crippen molar-refractivity contribution in [1.82, 2.24) is 5.43 Å². The summed E-state index contributed by atoms with van der Waals surface area (Å²) in [6.45, 7) is 6.18. The van der Waals surface area contributed by atoms with Crippen molar-refractivity contribution in [3.8, 4) is 11.5 Å². The molecule has 2 rings (SSSR count). The van der Waals surface area contributed by atoms with Crippen LogP contribution in [0.1, 0.15) is 42.3 Å². The number of nitrogens with one attached hydrogen (secondary N) is 1. The Balaban J connectivity index is 2.17. The smallest absolute Gasteiger partial charge is 0.275 e. The zero-order valence-electron chi connectivity index (χ0n) is 13.7. The van der Waals surface area contributed by atoms with Gasteiger partial charge >= 0.3 is 0 Å². The molecule has 0 radical (unpaired) electrons. The number of hydrogen-bond acceptors (Lipinski definition) is 4. The molecule has 5 nitrogen and oxygen atoms in total. The van der Waals surface area contributed by atoms with Crippen LogP contribution in [0.4, 0.5) is 0 Å². The number of carbonyl (C=O) groups excluding carboxylic acids is 1. The van der Waals surface area contributed by atoms with Crippen LogP contribution in [0.3, 0.4) is 0 Å². The highest BCUT2D eigenvalue weighted by Gasteiger charge is 2.15. The largest absolute Gasteiger partial charge is 0.507 e. The van der Waals surface area contributed by atoms with Crippen LogP contribution in [-0.2, 0) is 5.41 Å². The van der Waals surface area contributed by atoms with Crippen LogP contribution >= 0.6 is 11.6 Å². The fourth-order valence-corrected chi connectivity index (χ4v) is 2.21. The first-order valence-corrected chi connectivity index (χ1v) is 7.71. The minimum absolute atomic E-state index is 0.0207. The first kappa shape index (κ1) is 17.8. The Bertz CT molecular complexity index is 795. The third-order valence-electron chi connectivity index (χ3n) is 3.47. The highest BCUT2D eigenvalue weighted by Crippen LogP contribution is 2.26. The summed E-state index contributed by atoms with van der Waals surface area (Å²) in [6, 6.07) is 9.40. The third-order valence-corrected chi connectivity index (χ3v) is 3.70. The molecule has 0 saturated carbocycles. The Kier molecular flexibility index (Phi) is 5.14. The predicted molar refractivity (Wildman–Crippen MR) is 95.0 cm³/mol. The molecule has 126 valence electrons. The van der Waals surface area contributed by atoms with E-state index in [-0.39, 0.29) is 22.5 Å². The molecular formula is C18H19ClN2O3. The average Bonchev–Trinajstić information content (AvgIpc) is 2.50. The first-order chi connectivity index (χ1) is 11.2. The second-order valence-electron chi connectivity index (χ2n) is 6.38. The second-order valence-corrected chi connectivity index (χ2v) is 6.82. The van der Waals surface area contributed by atoms with Gasteiger partial charge in [0.15, 0.2) is 0 Å². The fourth-order valence-electron chi connectivity index (χ4n) is 2.04. The zero-order chi connectivity index (χ0) is 17.9. The van der Waals surface area contributed by atoms with Crippen LogP contribution in [0, 0.1) is 0 Å². The molecule has 2 aromatic rings. The molecule has 0 atom stereocenters. The average molecular weight is 347 g/mol. The number of aromatic hydroxyl groups is 2. The van der Waals surface area contributed by atoms with Gasteiger partial charge in [-0.05, 0) is 41.3 Å². The first-order valence-electron chi connectivity index (χ1n) is 7.34. The Morgan fingerprint density at radius 1 is 1.12 bits per heavy atom. The minimum Gasteiger partial charge on any atom is -0.507 e. The highest BCUT2D eigenvalue weighted by atomic mass is 35.5. The van der Waals surface area contributed by atoms with E-state index < -0.39 is 5.91 Å². The predicted octanol–water partition coefficient (Wildman–Crippen LogP) is 3.81. The highest BCUT2D eigenvalue weighted by molar-refractivity contribution is 6.31. The van der Waals surface area contributed by atoms with Crippen molar-refractivity contribution in [2.45, 2.75) is 26.2 Å². The molecule has 0 saturated heterocycles. The Hall–Kier alpha value is -2.53. The van der Waals surface area contributed by atoms with E-state index in [0.717, 1.165) is 5.56 Å². The van der Waals surface area contributed by atoms with Crippen LogP contribution < -0.4 is 5.43 Å². The van der Waals surface area contributed by atoms with Gasteiger partial charge in [0.1, 0.15) is 11.5 Å². The summed E-state index contributed by atoms with van der Waals surface area (Å²) >= 11 is 5.81. The molecule has 0 aliphatic heterocycles. The van der Waals surface area contributed by atoms with Crippen molar-refractivity contribution in [2.75, 3.05) is 0 Å². The van der Waals surface area contributed by atoms with Gasteiger partial charge in [0.2, 0.25) is 0 Å². The molecule has 1 amide bonds. The van der Waals surface area contributed by atoms with Gasteiger partial charge in [-0.15, -0.1) is 0 Å². The maximum atomic E-state index is 12.0. The van der Waals surface area contributed by atoms with Crippen molar-refractivity contribution < 1.29 is 15.0 Å². The summed E-state index contributed by atoms with van der Waals surface area (Å²) in [5, 5.41) is 23.7. The Morgan fingerprint density at radius 3 is 2.46 bits per heavy atom. The van der Waals surface area contributed by atoms with Crippen molar-refractivity contribution >= 4 is 23.7 Å². The number of phenolic OH excluding ortho intramolecular Hbond substituents is 2. The number of hydrogen-bond donors (Lipinski definition) is 3. The number of benzene rings is 2. The van der Waals surface area contributed by atoms with Gasteiger partial charge in [-0.3, -0.25) is 4.79 Å². The molecule has 0 aromatic heterocycles. The maximum Gasteiger partial charge on any atom is 0.275 e. The summed E-state index contributed by atoms with van der Waals surface area (Å²) < 4.78 is 0. The normalized spacial score (nSPS) is 11.7. The molecule has 24 heavy (non-hydrogen) atoms. The topological polar surface area (TPSA) is 81.9 Å². The zero-order valence-corrected chi connectivity index (χ0v) is 14.4. The van der Waals surface area contributed by atoms with Crippen molar-refractivity contribution in [3.05, 3.63) is 58.1 Å². The van der Waals surface area contributed by atoms with Gasteiger partial charge < -0.3 is 10.2 Å². The van der Waals surface area contributed by atoms with E-state index in [1.54, 1.807) is 6.07 Å². The Morgan fingerprint density at radius 2 is 1.79 bits per heavy atom. The molecule has 0 bridgehead atoms. The van der Waals surface area contributed by atoms with E-state index in [2.05, 4.69) is 31.3 Å². The summed E-state index contributed by atoms with van der Waals surface area (Å²) in [7, 11) is 0. The lowest BCUT2D eigenvalue weighted by Crippen LogP contribution is -2.18. The van der Waals surface area contributed by atoms with Crippen molar-refractivity contribution in [3.63, 3.8) is 0 Å². The molecule has 0 aliphatic rings. The van der Waals surface area contributed by atoms with Crippen LogP contribution in [-0.4, -0.2) is 22.3 Å². The molecule has 6 heteroatoms. The number of hydrazone groups is 1. The van der Waals surface area contributed by atoms with Crippen LogP contribution in [0.25, 0.3) is 0 Å². The van der Waals surface area contributed by atoms with Crippen LogP contribution in [0.5, 0.6) is 11.5 Å². The number of phenols is 2. The summed E-state index contributed by atoms with van der Waals surface area (Å²) in [5.74, 6) is -0.728. The summed E-state index contributed by atoms with van der Waals surface area (Å²) in [6.07, 6.45) is 1.35. The van der Waals surface area contributed by atoms with Crippen LogP contribution in [0.2, 0.25) is 5.02 Å². The lowest BCUT2D eigenvalue weighted by atomic mass is 9.86. The standard InChI is InChI=1S/C18H19ClN2O3/c1-18(2,3)12-4-6-15(22)11(8-12)10-20-21-17(24)14-9-13(19)5-7-16(14)23/h4-10,22-23H,1-3H3,(H,21,24). The third kappa shape index (κ3) is 4.26. The molecular weight excluding hydrogens is 328 g/mol. The molecule has 2 aromatic carbocycles. The second kappa shape index (κ2) is 6.93. The van der Waals surface area contributed by atoms with Gasteiger partial charge in [0.05, 0.1) is 11.8 Å². The number of carbonyl (C=O) groups is 1. The number of amides is 1. The van der Waals surface area contributed by atoms with Gasteiger partial charge in [0.25, 0.3) is 5.91 Å². The Labute approximate surface area is 145 Å². The maximum absolute atomic E-state index is 12.0. The van der Waals surface area contributed by atoms with Gasteiger partial charge in [-0.2, -0.15) is 5.10 Å². The molecule has 0 unspecified atom stereocenters. The van der Waals surface area contributed by atoms with E-state index in [4.69, 9.17) is 11.6 Å². The van der Waals surface area contributed by atoms with Crippen molar-refractivity contribution in [2.24, 2.45) is 5.10 Å². The van der Waals surface area contributed by atoms with E-state index in [1.807, 2.05) is 12.1 Å². The lowest BCUT2D eigenvalue weighted by Gasteiger charge is -2.19. The van der Waals surface area contributed by atoms with Gasteiger partial charge in [0, 0.05) is 10.6 Å². The minimum atomic E-state index is -0.599. The van der Waals surface area contributed by atoms with Gasteiger partial charge in [-0.25, -0.2) is 5.43 Å². The molecule has 0 aliphatic carbocycles. The van der Waals surface area contributed by atoms with Gasteiger partial charge in [-0.1, -0.05) is 38.4 Å². The van der Waals surface area contributed by atoms with Crippen molar-refractivity contribution in [1.29, 1.82) is 0 Å². The quantitative estimate of drug-likeness (QED) is 0.583. The number of rotatable bonds is 3. The number of halogens is 1. The molecule has 0 fully saturated rings. The fraction of sp³-hybridized carbons (Fsp3) is 0.222.